The zero-order chi connectivity index (χ0) is 8.48. The molecule has 3 heteroatoms. The molecule has 1 unspecified atom stereocenters. The molecule has 1 heterocycles. The fraction of sp³-hybridized carbons (Fsp3) is 0.875. The van der Waals surface area contributed by atoms with Crippen LogP contribution in [0.5, 0.6) is 0 Å². The molecular weight excluding hydrogens is 138 g/mol. The van der Waals surface area contributed by atoms with E-state index >= 15 is 0 Å². The third-order valence-electron chi connectivity index (χ3n) is 2.07. The maximum Gasteiger partial charge on any atom is 0.188 e. The molecule has 0 aromatic rings. The zero-order valence-electron chi connectivity index (χ0n) is 7.52. The van der Waals surface area contributed by atoms with Gasteiger partial charge in [0.05, 0.1) is 0 Å². The van der Waals surface area contributed by atoms with Gasteiger partial charge in [-0.3, -0.25) is 4.99 Å². The van der Waals surface area contributed by atoms with E-state index in [1.165, 1.54) is 0 Å². The van der Waals surface area contributed by atoms with Crippen molar-refractivity contribution in [2.75, 3.05) is 6.54 Å². The summed E-state index contributed by atoms with van der Waals surface area (Å²) < 4.78 is 0. The molecule has 1 aliphatic rings. The number of rotatable bonds is 0. The number of aliphatic imine (C=N–C) groups is 1. The van der Waals surface area contributed by atoms with Crippen LogP contribution in [0.25, 0.3) is 0 Å². The molecule has 1 aliphatic heterocycles. The molecule has 0 aromatic carbocycles. The molecular formula is C8H17N3. The van der Waals surface area contributed by atoms with Gasteiger partial charge in [-0.2, -0.15) is 0 Å². The lowest BCUT2D eigenvalue weighted by Gasteiger charge is -2.33. The highest BCUT2D eigenvalue weighted by molar-refractivity contribution is 5.78. The van der Waals surface area contributed by atoms with Crippen LogP contribution in [0.1, 0.15) is 27.2 Å². The van der Waals surface area contributed by atoms with Crippen LogP contribution in [0.4, 0.5) is 0 Å². The second-order valence-electron chi connectivity index (χ2n) is 4.12. The second-order valence-corrected chi connectivity index (χ2v) is 4.12. The SMILES string of the molecule is CC(C)(C)C1CCN=C(N)N1. The third kappa shape index (κ3) is 2.10. The van der Waals surface area contributed by atoms with Crippen LogP contribution >= 0.6 is 0 Å². The maximum absolute atomic E-state index is 5.56. The van der Waals surface area contributed by atoms with Crippen LogP contribution in [0.2, 0.25) is 0 Å². The van der Waals surface area contributed by atoms with E-state index < -0.39 is 0 Å². The van der Waals surface area contributed by atoms with Crippen molar-refractivity contribution < 1.29 is 0 Å². The molecule has 3 N–H and O–H groups in total. The lowest BCUT2D eigenvalue weighted by atomic mass is 9.84. The van der Waals surface area contributed by atoms with Crippen molar-refractivity contribution in [3.63, 3.8) is 0 Å². The van der Waals surface area contributed by atoms with Crippen LogP contribution in [0.3, 0.4) is 0 Å². The Hall–Kier alpha value is -0.730. The highest BCUT2D eigenvalue weighted by Crippen LogP contribution is 2.22. The van der Waals surface area contributed by atoms with Gasteiger partial charge in [0.2, 0.25) is 0 Å². The van der Waals surface area contributed by atoms with E-state index in [4.69, 9.17) is 5.73 Å². The molecule has 1 rings (SSSR count). The number of hydrogen-bond acceptors (Lipinski definition) is 3. The van der Waals surface area contributed by atoms with Crippen molar-refractivity contribution in [2.24, 2.45) is 16.1 Å². The summed E-state index contributed by atoms with van der Waals surface area (Å²) in [4.78, 5) is 4.08. The Morgan fingerprint density at radius 1 is 1.55 bits per heavy atom. The van der Waals surface area contributed by atoms with Crippen molar-refractivity contribution in [1.29, 1.82) is 0 Å². The summed E-state index contributed by atoms with van der Waals surface area (Å²) in [6.45, 7) is 7.50. The predicted molar refractivity (Wildman–Crippen MR) is 47.5 cm³/mol. The number of nitrogens with one attached hydrogen (secondary N) is 1. The molecule has 64 valence electrons. The topological polar surface area (TPSA) is 50.4 Å². The van der Waals surface area contributed by atoms with Crippen molar-refractivity contribution in [3.05, 3.63) is 0 Å². The van der Waals surface area contributed by atoms with E-state index in [0.29, 0.717) is 12.0 Å². The van der Waals surface area contributed by atoms with Gasteiger partial charge in [-0.15, -0.1) is 0 Å². The number of hydrogen-bond donors (Lipinski definition) is 2. The Bertz CT molecular complexity index is 167. The zero-order valence-corrected chi connectivity index (χ0v) is 7.52. The van der Waals surface area contributed by atoms with Crippen molar-refractivity contribution >= 4 is 5.96 Å². The molecule has 0 bridgehead atoms. The average Bonchev–Trinajstić information content (AvgIpc) is 1.86. The van der Waals surface area contributed by atoms with E-state index in [9.17, 15) is 0 Å². The van der Waals surface area contributed by atoms with Crippen molar-refractivity contribution in [2.45, 2.75) is 33.2 Å². The normalized spacial score (nSPS) is 25.7. The maximum atomic E-state index is 5.56. The van der Waals surface area contributed by atoms with Crippen LogP contribution < -0.4 is 11.1 Å². The van der Waals surface area contributed by atoms with Gasteiger partial charge < -0.3 is 11.1 Å². The summed E-state index contributed by atoms with van der Waals surface area (Å²) in [5.41, 5.74) is 5.84. The lowest BCUT2D eigenvalue weighted by molar-refractivity contribution is 0.278. The molecule has 0 radical (unpaired) electrons. The third-order valence-corrected chi connectivity index (χ3v) is 2.07. The minimum atomic E-state index is 0.278. The van der Waals surface area contributed by atoms with E-state index in [1.54, 1.807) is 0 Å². The van der Waals surface area contributed by atoms with Gasteiger partial charge in [0.15, 0.2) is 5.96 Å². The molecule has 3 nitrogen and oxygen atoms in total. The molecule has 0 saturated carbocycles. The number of nitrogens with zero attached hydrogens (tertiary/aromatic N) is 1. The first-order valence-electron chi connectivity index (χ1n) is 4.06. The number of guanidine groups is 1. The van der Waals surface area contributed by atoms with Gasteiger partial charge >= 0.3 is 0 Å². The summed E-state index contributed by atoms with van der Waals surface area (Å²) in [7, 11) is 0. The highest BCUT2D eigenvalue weighted by atomic mass is 15.1. The standard InChI is InChI=1S/C8H17N3/c1-8(2,3)6-4-5-10-7(9)11-6/h6H,4-5H2,1-3H3,(H3,9,10,11). The molecule has 0 aliphatic carbocycles. The van der Waals surface area contributed by atoms with Crippen molar-refractivity contribution in [1.82, 2.24) is 5.32 Å². The highest BCUT2D eigenvalue weighted by Gasteiger charge is 2.26. The summed E-state index contributed by atoms with van der Waals surface area (Å²) >= 11 is 0. The van der Waals surface area contributed by atoms with Crippen LogP contribution in [0.15, 0.2) is 4.99 Å². The lowest BCUT2D eigenvalue weighted by Crippen LogP contribution is -2.49. The van der Waals surface area contributed by atoms with Gasteiger partial charge in [-0.05, 0) is 11.8 Å². The van der Waals surface area contributed by atoms with Gasteiger partial charge in [0, 0.05) is 12.6 Å². The molecule has 0 saturated heterocycles. The minimum absolute atomic E-state index is 0.278. The summed E-state index contributed by atoms with van der Waals surface area (Å²) in [6.07, 6.45) is 1.09. The molecule has 0 fully saturated rings. The second kappa shape index (κ2) is 2.72. The van der Waals surface area contributed by atoms with Crippen molar-refractivity contribution in [3.8, 4) is 0 Å². The fourth-order valence-electron chi connectivity index (χ4n) is 1.26. The first-order valence-corrected chi connectivity index (χ1v) is 4.06. The quantitative estimate of drug-likeness (QED) is 0.541. The number of nitrogens with two attached hydrogens (primary N) is 1. The first-order chi connectivity index (χ1) is 5.00. The average molecular weight is 155 g/mol. The largest absolute Gasteiger partial charge is 0.370 e. The smallest absolute Gasteiger partial charge is 0.188 e. The van der Waals surface area contributed by atoms with E-state index in [2.05, 4.69) is 31.1 Å². The molecule has 1 atom stereocenters. The van der Waals surface area contributed by atoms with Crippen LogP contribution in [-0.4, -0.2) is 18.5 Å². The van der Waals surface area contributed by atoms with Gasteiger partial charge in [0.25, 0.3) is 0 Å². The molecule has 0 spiro atoms. The summed E-state index contributed by atoms with van der Waals surface area (Å²) in [5.74, 6) is 0.594. The van der Waals surface area contributed by atoms with Crippen LogP contribution in [-0.2, 0) is 0 Å². The van der Waals surface area contributed by atoms with E-state index in [-0.39, 0.29) is 5.41 Å². The van der Waals surface area contributed by atoms with Crippen LogP contribution in [0, 0.1) is 5.41 Å². The van der Waals surface area contributed by atoms with Gasteiger partial charge in [-0.1, -0.05) is 20.8 Å². The van der Waals surface area contributed by atoms with E-state index in [1.807, 2.05) is 0 Å². The first kappa shape index (κ1) is 8.37. The van der Waals surface area contributed by atoms with Gasteiger partial charge in [0.1, 0.15) is 0 Å². The Morgan fingerprint density at radius 2 is 2.18 bits per heavy atom. The summed E-state index contributed by atoms with van der Waals surface area (Å²) in [5, 5.41) is 3.18. The van der Waals surface area contributed by atoms with E-state index in [0.717, 1.165) is 13.0 Å². The Balaban J connectivity index is 2.58. The molecule has 0 aromatic heterocycles. The molecule has 0 amide bonds. The minimum Gasteiger partial charge on any atom is -0.370 e. The fourth-order valence-corrected chi connectivity index (χ4v) is 1.26. The Morgan fingerprint density at radius 3 is 2.55 bits per heavy atom. The Labute approximate surface area is 68.1 Å². The van der Waals surface area contributed by atoms with Gasteiger partial charge in [-0.25, -0.2) is 0 Å². The molecule has 11 heavy (non-hydrogen) atoms. The predicted octanol–water partition coefficient (Wildman–Crippen LogP) is 0.709. The Kier molecular flexibility index (Phi) is 2.07. The summed E-state index contributed by atoms with van der Waals surface area (Å²) in [6, 6.07) is 0.472. The monoisotopic (exact) mass is 155 g/mol.